The van der Waals surface area contributed by atoms with E-state index in [1.165, 1.54) is 31.2 Å². The lowest BCUT2D eigenvalue weighted by molar-refractivity contribution is 0.259. The number of hydrogen-bond acceptors (Lipinski definition) is 2. The maximum absolute atomic E-state index is 5.62. The van der Waals surface area contributed by atoms with Gasteiger partial charge in [-0.1, -0.05) is 47.3 Å². The summed E-state index contributed by atoms with van der Waals surface area (Å²) >= 11 is 3.45. The SMILES string of the molecule is NNC(Cc1ccc(Br)cc1)CC1CCC1. The summed E-state index contributed by atoms with van der Waals surface area (Å²) in [6, 6.07) is 8.93. The summed E-state index contributed by atoms with van der Waals surface area (Å²) in [5.41, 5.74) is 4.30. The first-order valence-electron chi connectivity index (χ1n) is 5.98. The molecule has 1 aliphatic rings. The van der Waals surface area contributed by atoms with Crippen LogP contribution in [0.3, 0.4) is 0 Å². The van der Waals surface area contributed by atoms with Crippen LogP contribution in [-0.4, -0.2) is 6.04 Å². The van der Waals surface area contributed by atoms with Gasteiger partial charge in [0.05, 0.1) is 0 Å². The second kappa shape index (κ2) is 5.80. The van der Waals surface area contributed by atoms with Crippen LogP contribution in [0, 0.1) is 5.92 Å². The predicted octanol–water partition coefficient (Wildman–Crippen LogP) is 3.01. The number of hydrogen-bond donors (Lipinski definition) is 2. The quantitative estimate of drug-likeness (QED) is 0.644. The molecule has 0 aromatic heterocycles. The van der Waals surface area contributed by atoms with Crippen molar-refractivity contribution >= 4 is 15.9 Å². The predicted molar refractivity (Wildman–Crippen MR) is 70.9 cm³/mol. The van der Waals surface area contributed by atoms with Crippen molar-refractivity contribution in [2.75, 3.05) is 0 Å². The molecule has 16 heavy (non-hydrogen) atoms. The van der Waals surface area contributed by atoms with Crippen molar-refractivity contribution in [2.24, 2.45) is 11.8 Å². The number of benzene rings is 1. The summed E-state index contributed by atoms with van der Waals surface area (Å²) in [6.45, 7) is 0. The molecule has 88 valence electrons. The van der Waals surface area contributed by atoms with Gasteiger partial charge in [0.2, 0.25) is 0 Å². The molecule has 1 aliphatic carbocycles. The molecule has 1 saturated carbocycles. The van der Waals surface area contributed by atoms with Crippen LogP contribution in [0.5, 0.6) is 0 Å². The third kappa shape index (κ3) is 3.30. The van der Waals surface area contributed by atoms with Crippen LogP contribution in [0.2, 0.25) is 0 Å². The normalized spacial score (nSPS) is 18.1. The molecule has 3 N–H and O–H groups in total. The van der Waals surface area contributed by atoms with Gasteiger partial charge in [-0.2, -0.15) is 0 Å². The van der Waals surface area contributed by atoms with Crippen molar-refractivity contribution < 1.29 is 0 Å². The summed E-state index contributed by atoms with van der Waals surface area (Å²) in [5.74, 6) is 6.52. The first-order valence-corrected chi connectivity index (χ1v) is 6.78. The van der Waals surface area contributed by atoms with Crippen LogP contribution in [0.15, 0.2) is 28.7 Å². The highest BCUT2D eigenvalue weighted by Gasteiger charge is 2.21. The van der Waals surface area contributed by atoms with Gasteiger partial charge in [0.1, 0.15) is 0 Å². The largest absolute Gasteiger partial charge is 0.271 e. The minimum absolute atomic E-state index is 0.423. The highest BCUT2D eigenvalue weighted by atomic mass is 79.9. The van der Waals surface area contributed by atoms with Crippen molar-refractivity contribution in [2.45, 2.75) is 38.1 Å². The van der Waals surface area contributed by atoms with E-state index in [0.29, 0.717) is 6.04 Å². The molecule has 0 radical (unpaired) electrons. The van der Waals surface area contributed by atoms with E-state index < -0.39 is 0 Å². The average Bonchev–Trinajstić information content (AvgIpc) is 2.24. The van der Waals surface area contributed by atoms with Crippen molar-refractivity contribution in [3.63, 3.8) is 0 Å². The minimum Gasteiger partial charge on any atom is -0.271 e. The molecule has 0 saturated heterocycles. The number of halogens is 1. The summed E-state index contributed by atoms with van der Waals surface area (Å²) in [7, 11) is 0. The van der Waals surface area contributed by atoms with Crippen LogP contribution in [0.25, 0.3) is 0 Å². The molecule has 1 atom stereocenters. The van der Waals surface area contributed by atoms with Gasteiger partial charge in [-0.05, 0) is 36.5 Å². The Morgan fingerprint density at radius 2 is 2.00 bits per heavy atom. The Morgan fingerprint density at radius 1 is 1.31 bits per heavy atom. The molecule has 3 heteroatoms. The van der Waals surface area contributed by atoms with Gasteiger partial charge < -0.3 is 0 Å². The molecule has 2 nitrogen and oxygen atoms in total. The molecule has 1 fully saturated rings. The van der Waals surface area contributed by atoms with Gasteiger partial charge in [0.25, 0.3) is 0 Å². The van der Waals surface area contributed by atoms with E-state index in [1.54, 1.807) is 0 Å². The van der Waals surface area contributed by atoms with E-state index in [0.717, 1.165) is 16.8 Å². The van der Waals surface area contributed by atoms with E-state index in [-0.39, 0.29) is 0 Å². The Morgan fingerprint density at radius 3 is 2.50 bits per heavy atom. The van der Waals surface area contributed by atoms with E-state index >= 15 is 0 Å². The smallest absolute Gasteiger partial charge is 0.0253 e. The third-order valence-corrected chi connectivity index (χ3v) is 4.00. The summed E-state index contributed by atoms with van der Waals surface area (Å²) in [6.07, 6.45) is 6.42. The Hall–Kier alpha value is -0.380. The lowest BCUT2D eigenvalue weighted by Gasteiger charge is -2.29. The zero-order valence-corrected chi connectivity index (χ0v) is 11.0. The first-order chi connectivity index (χ1) is 7.78. The summed E-state index contributed by atoms with van der Waals surface area (Å²) in [4.78, 5) is 0. The summed E-state index contributed by atoms with van der Waals surface area (Å²) in [5, 5.41) is 0. The lowest BCUT2D eigenvalue weighted by Crippen LogP contribution is -2.39. The number of nitrogens with one attached hydrogen (secondary N) is 1. The van der Waals surface area contributed by atoms with Crippen molar-refractivity contribution in [1.29, 1.82) is 0 Å². The third-order valence-electron chi connectivity index (χ3n) is 3.47. The van der Waals surface area contributed by atoms with Gasteiger partial charge in [0.15, 0.2) is 0 Å². The fourth-order valence-electron chi connectivity index (χ4n) is 2.25. The number of nitrogens with two attached hydrogens (primary N) is 1. The van der Waals surface area contributed by atoms with Crippen LogP contribution in [0.1, 0.15) is 31.2 Å². The van der Waals surface area contributed by atoms with Gasteiger partial charge in [-0.25, -0.2) is 0 Å². The first kappa shape index (κ1) is 12.1. The molecule has 1 aromatic carbocycles. The Kier molecular flexibility index (Phi) is 4.38. The van der Waals surface area contributed by atoms with Crippen molar-refractivity contribution in [1.82, 2.24) is 5.43 Å². The van der Waals surface area contributed by atoms with Crippen LogP contribution >= 0.6 is 15.9 Å². The Bertz CT molecular complexity index is 319. The molecular formula is C13H19BrN2. The van der Waals surface area contributed by atoms with Gasteiger partial charge in [-0.15, -0.1) is 0 Å². The van der Waals surface area contributed by atoms with Crippen molar-refractivity contribution in [3.05, 3.63) is 34.3 Å². The van der Waals surface area contributed by atoms with Crippen molar-refractivity contribution in [3.8, 4) is 0 Å². The van der Waals surface area contributed by atoms with Crippen LogP contribution in [-0.2, 0) is 6.42 Å². The standard InChI is InChI=1S/C13H19BrN2/c14-12-6-4-11(5-7-12)9-13(16-15)8-10-2-1-3-10/h4-7,10,13,16H,1-3,8-9,15H2. The maximum Gasteiger partial charge on any atom is 0.0253 e. The molecule has 1 unspecified atom stereocenters. The molecule has 2 rings (SSSR count). The maximum atomic E-state index is 5.62. The second-order valence-electron chi connectivity index (χ2n) is 4.73. The average molecular weight is 283 g/mol. The second-order valence-corrected chi connectivity index (χ2v) is 5.64. The van der Waals surface area contributed by atoms with Gasteiger partial charge >= 0.3 is 0 Å². The Balaban J connectivity index is 1.87. The van der Waals surface area contributed by atoms with Crippen LogP contribution in [0.4, 0.5) is 0 Å². The number of hydrazine groups is 1. The molecule has 0 aliphatic heterocycles. The number of rotatable bonds is 5. The molecule has 1 aromatic rings. The van der Waals surface area contributed by atoms with E-state index in [4.69, 9.17) is 5.84 Å². The fraction of sp³-hybridized carbons (Fsp3) is 0.538. The zero-order chi connectivity index (χ0) is 11.4. The highest BCUT2D eigenvalue weighted by Crippen LogP contribution is 2.31. The van der Waals surface area contributed by atoms with Gasteiger partial charge in [0, 0.05) is 10.5 Å². The van der Waals surface area contributed by atoms with E-state index in [9.17, 15) is 0 Å². The zero-order valence-electron chi connectivity index (χ0n) is 9.45. The Labute approximate surface area is 106 Å². The molecule has 0 spiro atoms. The monoisotopic (exact) mass is 282 g/mol. The highest BCUT2D eigenvalue weighted by molar-refractivity contribution is 9.10. The molecule has 0 amide bonds. The van der Waals surface area contributed by atoms with E-state index in [2.05, 4.69) is 45.6 Å². The molecule has 0 bridgehead atoms. The van der Waals surface area contributed by atoms with Gasteiger partial charge in [-0.3, -0.25) is 11.3 Å². The molecular weight excluding hydrogens is 264 g/mol. The fourth-order valence-corrected chi connectivity index (χ4v) is 2.51. The topological polar surface area (TPSA) is 38.0 Å². The van der Waals surface area contributed by atoms with E-state index in [1.807, 2.05) is 0 Å². The molecule has 0 heterocycles. The summed E-state index contributed by atoms with van der Waals surface area (Å²) < 4.78 is 1.13. The lowest BCUT2D eigenvalue weighted by atomic mass is 9.80. The van der Waals surface area contributed by atoms with Crippen LogP contribution < -0.4 is 11.3 Å². The minimum atomic E-state index is 0.423.